The third-order valence-electron chi connectivity index (χ3n) is 2.76. The van der Waals surface area contributed by atoms with Crippen molar-refractivity contribution in [1.82, 2.24) is 4.90 Å². The summed E-state index contributed by atoms with van der Waals surface area (Å²) in [6.45, 7) is 0.946. The summed E-state index contributed by atoms with van der Waals surface area (Å²) in [5.41, 5.74) is 6.59. The zero-order valence-corrected chi connectivity index (χ0v) is 13.5. The van der Waals surface area contributed by atoms with Gasteiger partial charge < -0.3 is 15.4 Å². The van der Waals surface area contributed by atoms with Crippen LogP contribution in [-0.2, 0) is 16.1 Å². The zero-order chi connectivity index (χ0) is 13.5. The first-order valence-corrected chi connectivity index (χ1v) is 6.57. The fraction of sp³-hybridized carbons (Fsp3) is 0.462. The van der Waals surface area contributed by atoms with E-state index in [1.807, 2.05) is 24.3 Å². The molecule has 2 N–H and O–H groups in total. The van der Waals surface area contributed by atoms with E-state index in [-0.39, 0.29) is 24.4 Å². The van der Waals surface area contributed by atoms with Crippen molar-refractivity contribution in [2.75, 3.05) is 20.7 Å². The number of ether oxygens (including phenoxy) is 1. The minimum Gasteiger partial charge on any atom is -0.380 e. The number of nitrogens with zero attached hydrogens (tertiary/aromatic N) is 1. The lowest BCUT2D eigenvalue weighted by Crippen LogP contribution is -2.33. The van der Waals surface area contributed by atoms with Crippen LogP contribution in [0.5, 0.6) is 0 Å². The highest BCUT2D eigenvalue weighted by atomic mass is 79.9. The molecule has 1 aromatic rings. The molecule has 1 rings (SSSR count). The molecule has 0 saturated carbocycles. The number of carbonyl (C=O) groups is 1. The Morgan fingerprint density at radius 1 is 1.42 bits per heavy atom. The molecular weight excluding hydrogens is 332 g/mol. The second-order valence-corrected chi connectivity index (χ2v) is 5.09. The van der Waals surface area contributed by atoms with Crippen LogP contribution in [-0.4, -0.2) is 37.6 Å². The van der Waals surface area contributed by atoms with E-state index in [4.69, 9.17) is 10.5 Å². The van der Waals surface area contributed by atoms with Crippen LogP contribution in [0, 0.1) is 0 Å². The molecule has 0 aliphatic rings. The van der Waals surface area contributed by atoms with E-state index in [9.17, 15) is 4.79 Å². The molecule has 4 nitrogen and oxygen atoms in total. The molecule has 0 aliphatic carbocycles. The number of hydrogen-bond donors (Lipinski definition) is 1. The van der Waals surface area contributed by atoms with Gasteiger partial charge in [-0.05, 0) is 17.7 Å². The maximum atomic E-state index is 11.9. The molecule has 0 heterocycles. The van der Waals surface area contributed by atoms with Crippen molar-refractivity contribution >= 4 is 34.2 Å². The first-order chi connectivity index (χ1) is 8.56. The van der Waals surface area contributed by atoms with Gasteiger partial charge in [0.15, 0.2) is 0 Å². The molecule has 1 aromatic carbocycles. The van der Waals surface area contributed by atoms with Crippen LogP contribution in [0.15, 0.2) is 28.7 Å². The summed E-state index contributed by atoms with van der Waals surface area (Å²) in [6, 6.07) is 7.91. The Balaban J connectivity index is 0.00000324. The SMILES string of the molecule is COC(CN)CC(=O)N(C)Cc1ccc(Br)cc1.Cl. The van der Waals surface area contributed by atoms with E-state index in [1.165, 1.54) is 0 Å². The molecule has 19 heavy (non-hydrogen) atoms. The number of nitrogens with two attached hydrogens (primary N) is 1. The van der Waals surface area contributed by atoms with E-state index in [0.717, 1.165) is 10.0 Å². The Morgan fingerprint density at radius 2 is 2.00 bits per heavy atom. The van der Waals surface area contributed by atoms with Crippen molar-refractivity contribution in [3.05, 3.63) is 34.3 Å². The first kappa shape index (κ1) is 18.4. The van der Waals surface area contributed by atoms with Crippen molar-refractivity contribution in [1.29, 1.82) is 0 Å². The van der Waals surface area contributed by atoms with Gasteiger partial charge in [-0.2, -0.15) is 0 Å². The second-order valence-electron chi connectivity index (χ2n) is 4.17. The molecule has 1 unspecified atom stereocenters. The van der Waals surface area contributed by atoms with Crippen LogP contribution in [0.1, 0.15) is 12.0 Å². The Bertz CT molecular complexity index is 383. The van der Waals surface area contributed by atoms with E-state index in [2.05, 4.69) is 15.9 Å². The standard InChI is InChI=1S/C13H19BrN2O2.ClH/c1-16(13(17)7-12(8-15)18-2)9-10-3-5-11(14)6-4-10;/h3-6,12H,7-9,15H2,1-2H3;1H. The molecule has 108 valence electrons. The normalized spacial score (nSPS) is 11.6. The molecule has 0 fully saturated rings. The molecular formula is C13H20BrClN2O2. The van der Waals surface area contributed by atoms with Crippen molar-refractivity contribution in [2.45, 2.75) is 19.1 Å². The Morgan fingerprint density at radius 3 is 2.47 bits per heavy atom. The number of benzene rings is 1. The highest BCUT2D eigenvalue weighted by Crippen LogP contribution is 2.12. The number of methoxy groups -OCH3 is 1. The third-order valence-corrected chi connectivity index (χ3v) is 3.29. The van der Waals surface area contributed by atoms with Gasteiger partial charge in [0, 0.05) is 31.7 Å². The minimum absolute atomic E-state index is 0. The van der Waals surface area contributed by atoms with Crippen molar-refractivity contribution in [2.24, 2.45) is 5.73 Å². The summed E-state index contributed by atoms with van der Waals surface area (Å²) in [5, 5.41) is 0. The molecule has 0 bridgehead atoms. The minimum atomic E-state index is -0.204. The molecule has 0 spiro atoms. The summed E-state index contributed by atoms with van der Waals surface area (Å²) < 4.78 is 6.14. The van der Waals surface area contributed by atoms with E-state index < -0.39 is 0 Å². The van der Waals surface area contributed by atoms with Crippen LogP contribution < -0.4 is 5.73 Å². The molecule has 1 amide bonds. The van der Waals surface area contributed by atoms with Gasteiger partial charge in [0.05, 0.1) is 12.5 Å². The quantitative estimate of drug-likeness (QED) is 0.855. The molecule has 0 aliphatic heterocycles. The monoisotopic (exact) mass is 350 g/mol. The maximum absolute atomic E-state index is 11.9. The summed E-state index contributed by atoms with van der Waals surface area (Å²) in [6.07, 6.45) is 0.116. The van der Waals surface area contributed by atoms with Gasteiger partial charge in [0.1, 0.15) is 0 Å². The highest BCUT2D eigenvalue weighted by molar-refractivity contribution is 9.10. The van der Waals surface area contributed by atoms with Gasteiger partial charge in [0.2, 0.25) is 5.91 Å². The summed E-state index contributed by atoms with van der Waals surface area (Å²) in [7, 11) is 3.35. The number of carbonyl (C=O) groups excluding carboxylic acids is 1. The molecule has 6 heteroatoms. The van der Waals surface area contributed by atoms with Crippen molar-refractivity contribution in [3.8, 4) is 0 Å². The topological polar surface area (TPSA) is 55.6 Å². The smallest absolute Gasteiger partial charge is 0.225 e. The molecule has 0 saturated heterocycles. The zero-order valence-electron chi connectivity index (χ0n) is 11.1. The summed E-state index contributed by atoms with van der Waals surface area (Å²) >= 11 is 3.38. The van der Waals surface area contributed by atoms with Crippen LogP contribution in [0.3, 0.4) is 0 Å². The van der Waals surface area contributed by atoms with Crippen LogP contribution in [0.25, 0.3) is 0 Å². The fourth-order valence-electron chi connectivity index (χ4n) is 1.57. The van der Waals surface area contributed by atoms with E-state index in [1.54, 1.807) is 19.1 Å². The molecule has 1 atom stereocenters. The third kappa shape index (κ3) is 6.38. The van der Waals surface area contributed by atoms with Gasteiger partial charge in [-0.3, -0.25) is 4.79 Å². The summed E-state index contributed by atoms with van der Waals surface area (Å²) in [4.78, 5) is 13.6. The number of halogens is 2. The Labute approximate surface area is 128 Å². The van der Waals surface area contributed by atoms with Crippen molar-refractivity contribution in [3.63, 3.8) is 0 Å². The van der Waals surface area contributed by atoms with Crippen LogP contribution >= 0.6 is 28.3 Å². The average Bonchev–Trinajstić information content (AvgIpc) is 2.38. The number of amides is 1. The largest absolute Gasteiger partial charge is 0.380 e. The lowest BCUT2D eigenvalue weighted by Gasteiger charge is -2.20. The van der Waals surface area contributed by atoms with Crippen LogP contribution in [0.2, 0.25) is 0 Å². The Kier molecular flexibility index (Phi) is 9.01. The van der Waals surface area contributed by atoms with Gasteiger partial charge in [-0.15, -0.1) is 12.4 Å². The predicted molar refractivity (Wildman–Crippen MR) is 82.3 cm³/mol. The lowest BCUT2D eigenvalue weighted by molar-refractivity contribution is -0.132. The van der Waals surface area contributed by atoms with Crippen molar-refractivity contribution < 1.29 is 9.53 Å². The summed E-state index contributed by atoms with van der Waals surface area (Å²) in [5.74, 6) is 0.0372. The fourth-order valence-corrected chi connectivity index (χ4v) is 1.83. The highest BCUT2D eigenvalue weighted by Gasteiger charge is 2.15. The average molecular weight is 352 g/mol. The van der Waals surface area contributed by atoms with Gasteiger partial charge in [0.25, 0.3) is 0 Å². The van der Waals surface area contributed by atoms with E-state index >= 15 is 0 Å². The second kappa shape index (κ2) is 9.31. The van der Waals surface area contributed by atoms with E-state index in [0.29, 0.717) is 19.5 Å². The maximum Gasteiger partial charge on any atom is 0.225 e. The number of hydrogen-bond acceptors (Lipinski definition) is 3. The predicted octanol–water partition coefficient (Wildman–Crippen LogP) is 2.19. The number of rotatable bonds is 6. The molecule has 0 aromatic heterocycles. The lowest BCUT2D eigenvalue weighted by atomic mass is 10.2. The van der Waals surface area contributed by atoms with Gasteiger partial charge >= 0.3 is 0 Å². The van der Waals surface area contributed by atoms with Crippen LogP contribution in [0.4, 0.5) is 0 Å². The first-order valence-electron chi connectivity index (χ1n) is 5.78. The Hall–Kier alpha value is -0.620. The molecule has 0 radical (unpaired) electrons. The van der Waals surface area contributed by atoms with Gasteiger partial charge in [-0.25, -0.2) is 0 Å². The van der Waals surface area contributed by atoms with Gasteiger partial charge in [-0.1, -0.05) is 28.1 Å².